The number of carbonyl (C=O) groups excluding carboxylic acids is 2. The summed E-state index contributed by atoms with van der Waals surface area (Å²) in [7, 11) is 0. The number of nitrogens with one attached hydrogen (secondary N) is 2. The van der Waals surface area contributed by atoms with E-state index in [-0.39, 0.29) is 29.7 Å². The largest absolute Gasteiger partial charge is 0.488 e. The molecular formula is C21H20FN5O3. The average Bonchev–Trinajstić information content (AvgIpc) is 3.60. The Hall–Kier alpha value is -3.38. The van der Waals surface area contributed by atoms with Crippen LogP contribution < -0.4 is 15.4 Å². The fourth-order valence-corrected chi connectivity index (χ4v) is 3.40. The summed E-state index contributed by atoms with van der Waals surface area (Å²) in [5, 5.41) is 15.3. The zero-order valence-corrected chi connectivity index (χ0v) is 16.1. The van der Waals surface area contributed by atoms with Crippen molar-refractivity contribution < 1.29 is 18.7 Å². The maximum atomic E-state index is 13.3. The van der Waals surface area contributed by atoms with Crippen molar-refractivity contribution >= 4 is 17.8 Å². The molecule has 9 heteroatoms. The van der Waals surface area contributed by atoms with Crippen molar-refractivity contribution in [2.24, 2.45) is 11.8 Å². The van der Waals surface area contributed by atoms with Crippen molar-refractivity contribution in [3.8, 4) is 23.1 Å². The van der Waals surface area contributed by atoms with E-state index in [1.54, 1.807) is 24.3 Å². The minimum absolute atomic E-state index is 0.0555. The zero-order valence-electron chi connectivity index (χ0n) is 16.1. The molecule has 4 rings (SSSR count). The number of amides is 1. The standard InChI is InChI=1S/C21H20FN5O3/c22-20(28)15-10-24-6-5-18(15)30-17-4-3-13(7-14(17)9-23)16-8-19(26-11-25-16)27-21(29)12-1-2-12/h3-4,7-8,11-12,15,18,24H,1-2,5-6,10H2,(H,25,26,27,29)/t15-,18+/m1/s1. The second kappa shape index (κ2) is 8.55. The van der Waals surface area contributed by atoms with E-state index in [0.717, 1.165) is 12.8 Å². The third-order valence-corrected chi connectivity index (χ3v) is 5.25. The zero-order chi connectivity index (χ0) is 21.1. The van der Waals surface area contributed by atoms with Crippen LogP contribution in [-0.4, -0.2) is 41.1 Å². The van der Waals surface area contributed by atoms with E-state index in [0.29, 0.717) is 30.0 Å². The van der Waals surface area contributed by atoms with E-state index in [9.17, 15) is 19.2 Å². The number of nitriles is 1. The quantitative estimate of drug-likeness (QED) is 0.703. The Kier molecular flexibility index (Phi) is 5.68. The van der Waals surface area contributed by atoms with Gasteiger partial charge in [-0.05, 0) is 44.0 Å². The molecule has 0 unspecified atom stereocenters. The minimum atomic E-state index is -1.43. The molecular weight excluding hydrogens is 389 g/mol. The van der Waals surface area contributed by atoms with Crippen LogP contribution in [0.5, 0.6) is 5.75 Å². The first-order valence-corrected chi connectivity index (χ1v) is 9.79. The molecule has 2 atom stereocenters. The van der Waals surface area contributed by atoms with E-state index in [1.165, 1.54) is 6.33 Å². The van der Waals surface area contributed by atoms with Crippen LogP contribution in [0.4, 0.5) is 10.2 Å². The fourth-order valence-electron chi connectivity index (χ4n) is 3.40. The lowest BCUT2D eigenvalue weighted by atomic mass is 9.96. The summed E-state index contributed by atoms with van der Waals surface area (Å²) in [5.41, 5.74) is 1.43. The molecule has 154 valence electrons. The number of benzene rings is 1. The second-order valence-electron chi connectivity index (χ2n) is 7.43. The van der Waals surface area contributed by atoms with Crippen molar-refractivity contribution in [3.63, 3.8) is 0 Å². The normalized spacial score (nSPS) is 20.8. The van der Waals surface area contributed by atoms with Crippen molar-refractivity contribution in [1.82, 2.24) is 15.3 Å². The fraction of sp³-hybridized carbons (Fsp3) is 0.381. The smallest absolute Gasteiger partial charge is 0.309 e. The first-order valence-electron chi connectivity index (χ1n) is 9.79. The molecule has 0 spiro atoms. The highest BCUT2D eigenvalue weighted by atomic mass is 19.1. The van der Waals surface area contributed by atoms with E-state index < -0.39 is 18.1 Å². The van der Waals surface area contributed by atoms with Gasteiger partial charge in [0.1, 0.15) is 30.1 Å². The summed E-state index contributed by atoms with van der Waals surface area (Å²) in [6.45, 7) is 0.807. The maximum Gasteiger partial charge on any atom is 0.309 e. The monoisotopic (exact) mass is 409 g/mol. The third-order valence-electron chi connectivity index (χ3n) is 5.25. The molecule has 1 amide bonds. The number of carbonyl (C=O) groups is 2. The predicted molar refractivity (Wildman–Crippen MR) is 105 cm³/mol. The van der Waals surface area contributed by atoms with Gasteiger partial charge in [0.25, 0.3) is 0 Å². The van der Waals surface area contributed by atoms with Gasteiger partial charge in [0.2, 0.25) is 5.91 Å². The Bertz CT molecular complexity index is 1020. The van der Waals surface area contributed by atoms with Gasteiger partial charge in [-0.2, -0.15) is 9.65 Å². The molecule has 0 bridgehead atoms. The maximum absolute atomic E-state index is 13.3. The third kappa shape index (κ3) is 4.44. The topological polar surface area (TPSA) is 117 Å². The number of ether oxygens (including phenoxy) is 1. The van der Waals surface area contributed by atoms with Gasteiger partial charge in [0, 0.05) is 24.1 Å². The van der Waals surface area contributed by atoms with E-state index >= 15 is 0 Å². The lowest BCUT2D eigenvalue weighted by Crippen LogP contribution is -2.45. The Balaban J connectivity index is 1.54. The van der Waals surface area contributed by atoms with Gasteiger partial charge in [-0.25, -0.2) is 9.97 Å². The highest BCUT2D eigenvalue weighted by molar-refractivity contribution is 5.93. The molecule has 2 aromatic rings. The van der Waals surface area contributed by atoms with Gasteiger partial charge in [0.05, 0.1) is 17.2 Å². The summed E-state index contributed by atoms with van der Waals surface area (Å²) in [6.07, 6.45) is 2.96. The van der Waals surface area contributed by atoms with Crippen molar-refractivity contribution in [3.05, 3.63) is 36.2 Å². The Morgan fingerprint density at radius 2 is 2.07 bits per heavy atom. The Morgan fingerprint density at radius 3 is 2.80 bits per heavy atom. The Morgan fingerprint density at radius 1 is 1.23 bits per heavy atom. The van der Waals surface area contributed by atoms with Crippen LogP contribution in [0.25, 0.3) is 11.3 Å². The molecule has 1 aliphatic heterocycles. The summed E-state index contributed by atoms with van der Waals surface area (Å²) < 4.78 is 19.2. The van der Waals surface area contributed by atoms with Crippen molar-refractivity contribution in [2.45, 2.75) is 25.4 Å². The molecule has 2 heterocycles. The summed E-state index contributed by atoms with van der Waals surface area (Å²) in [5.74, 6) is -0.213. The number of anilines is 1. The molecule has 2 N–H and O–H groups in total. The molecule has 0 radical (unpaired) electrons. The van der Waals surface area contributed by atoms with Crippen molar-refractivity contribution in [1.29, 1.82) is 5.26 Å². The van der Waals surface area contributed by atoms with Crippen LogP contribution in [0.3, 0.4) is 0 Å². The van der Waals surface area contributed by atoms with Gasteiger partial charge in [-0.1, -0.05) is 0 Å². The molecule has 1 aliphatic carbocycles. The highest BCUT2D eigenvalue weighted by Crippen LogP contribution is 2.31. The summed E-state index contributed by atoms with van der Waals surface area (Å²) >= 11 is 0. The van der Waals surface area contributed by atoms with Gasteiger partial charge in [-0.3, -0.25) is 9.59 Å². The van der Waals surface area contributed by atoms with Gasteiger partial charge in [0.15, 0.2) is 0 Å². The molecule has 2 fully saturated rings. The number of nitrogens with zero attached hydrogens (tertiary/aromatic N) is 3. The highest BCUT2D eigenvalue weighted by Gasteiger charge is 2.33. The van der Waals surface area contributed by atoms with Crippen LogP contribution in [0.2, 0.25) is 0 Å². The predicted octanol–water partition coefficient (Wildman–Crippen LogP) is 2.22. The molecule has 2 aliphatic rings. The van der Waals surface area contributed by atoms with E-state index in [4.69, 9.17) is 4.74 Å². The second-order valence-corrected chi connectivity index (χ2v) is 7.43. The number of piperidine rings is 1. The lowest BCUT2D eigenvalue weighted by Gasteiger charge is -2.29. The molecule has 8 nitrogen and oxygen atoms in total. The van der Waals surface area contributed by atoms with Crippen LogP contribution >= 0.6 is 0 Å². The first kappa shape index (κ1) is 19.9. The van der Waals surface area contributed by atoms with Gasteiger partial charge >= 0.3 is 6.04 Å². The molecule has 1 saturated heterocycles. The molecule has 30 heavy (non-hydrogen) atoms. The number of halogens is 1. The first-order chi connectivity index (χ1) is 14.5. The van der Waals surface area contributed by atoms with Crippen molar-refractivity contribution in [2.75, 3.05) is 18.4 Å². The number of hydrogen-bond donors (Lipinski definition) is 2. The van der Waals surface area contributed by atoms with Crippen LogP contribution in [0.1, 0.15) is 24.8 Å². The minimum Gasteiger partial charge on any atom is -0.488 e. The van der Waals surface area contributed by atoms with E-state index in [2.05, 4.69) is 26.7 Å². The number of hydrogen-bond acceptors (Lipinski definition) is 7. The SMILES string of the molecule is N#Cc1cc(-c2cc(NC(=O)C3CC3)ncn2)ccc1O[C@H]1CCNC[C@H]1C(=O)F. The summed E-state index contributed by atoms with van der Waals surface area (Å²) in [4.78, 5) is 31.5. The molecule has 1 aromatic carbocycles. The Labute approximate surface area is 172 Å². The van der Waals surface area contributed by atoms with E-state index in [1.807, 2.05) is 0 Å². The molecule has 1 saturated carbocycles. The molecule has 1 aromatic heterocycles. The van der Waals surface area contributed by atoms with Crippen LogP contribution in [0, 0.1) is 23.2 Å². The summed E-state index contributed by atoms with van der Waals surface area (Å²) in [6, 6.07) is 7.23. The van der Waals surface area contributed by atoms with Crippen LogP contribution in [0.15, 0.2) is 30.6 Å². The lowest BCUT2D eigenvalue weighted by molar-refractivity contribution is -0.137. The average molecular weight is 409 g/mol. The van der Waals surface area contributed by atoms with Crippen LogP contribution in [-0.2, 0) is 9.59 Å². The van der Waals surface area contributed by atoms with Gasteiger partial charge in [-0.15, -0.1) is 0 Å². The van der Waals surface area contributed by atoms with Gasteiger partial charge < -0.3 is 15.4 Å². The number of aromatic nitrogens is 2. The number of rotatable bonds is 6.